The maximum Gasteiger partial charge on any atom is 0.0572 e. The first-order valence-electron chi connectivity index (χ1n) is 2.32. The minimum absolute atomic E-state index is 0.854. The van der Waals surface area contributed by atoms with E-state index in [4.69, 9.17) is 0 Å². The van der Waals surface area contributed by atoms with Crippen molar-refractivity contribution in [2.75, 3.05) is 27.2 Å². The van der Waals surface area contributed by atoms with Crippen molar-refractivity contribution in [2.24, 2.45) is 0 Å². The van der Waals surface area contributed by atoms with E-state index in [-0.39, 0.29) is 0 Å². The fourth-order valence-electron chi connectivity index (χ4n) is 0.278. The number of likely N-dealkylation sites (N-methyl/N-ethyl adjacent to an activating group) is 1. The van der Waals surface area contributed by atoms with Gasteiger partial charge in [-0.2, -0.15) is 0 Å². The van der Waals surface area contributed by atoms with E-state index in [0.717, 1.165) is 13.1 Å². The van der Waals surface area contributed by atoms with Crippen LogP contribution in [-0.4, -0.2) is 27.2 Å². The second kappa shape index (κ2) is 5.88. The van der Waals surface area contributed by atoms with Crippen molar-refractivity contribution in [3.05, 3.63) is 0 Å². The van der Waals surface area contributed by atoms with Gasteiger partial charge in [0.25, 0.3) is 0 Å². The molecule has 0 aliphatic carbocycles. The first-order chi connectivity index (χ1) is 3.41. The summed E-state index contributed by atoms with van der Waals surface area (Å²) in [4.78, 5) is 4.55. The number of rotatable bonds is 4. The average molecular weight is 104 g/mol. The third-order valence-electron chi connectivity index (χ3n) is 0.621. The number of hydrogen-bond donors (Lipinski definition) is 2. The number of nitrogens with one attached hydrogen (secondary N) is 2. The van der Waals surface area contributed by atoms with Crippen molar-refractivity contribution < 1.29 is 4.84 Å². The molecule has 0 atom stereocenters. The van der Waals surface area contributed by atoms with Crippen molar-refractivity contribution in [2.45, 2.75) is 0 Å². The van der Waals surface area contributed by atoms with Crippen LogP contribution < -0.4 is 10.8 Å². The zero-order chi connectivity index (χ0) is 5.54. The van der Waals surface area contributed by atoms with E-state index in [1.807, 2.05) is 7.05 Å². The second-order valence-corrected chi connectivity index (χ2v) is 1.20. The van der Waals surface area contributed by atoms with Crippen LogP contribution in [0, 0.1) is 0 Å². The number of hydrogen-bond acceptors (Lipinski definition) is 3. The Morgan fingerprint density at radius 1 is 1.43 bits per heavy atom. The molecule has 0 aliphatic heterocycles. The molecule has 0 rings (SSSR count). The fourth-order valence-corrected chi connectivity index (χ4v) is 0.278. The molecule has 0 bridgehead atoms. The minimum Gasteiger partial charge on any atom is -0.318 e. The molecule has 2 N–H and O–H groups in total. The Bertz CT molecular complexity index is 28.9. The molecule has 3 heteroatoms. The van der Waals surface area contributed by atoms with Gasteiger partial charge in [-0.25, -0.2) is 5.48 Å². The summed E-state index contributed by atoms with van der Waals surface area (Å²) in [7, 11) is 3.51. The van der Waals surface area contributed by atoms with E-state index in [1.54, 1.807) is 7.11 Å². The molecular weight excluding hydrogens is 92.1 g/mol. The molecule has 0 aromatic heterocycles. The third kappa shape index (κ3) is 5.88. The van der Waals surface area contributed by atoms with Crippen LogP contribution in [0.25, 0.3) is 0 Å². The zero-order valence-electron chi connectivity index (χ0n) is 4.82. The van der Waals surface area contributed by atoms with E-state index in [2.05, 4.69) is 15.6 Å². The van der Waals surface area contributed by atoms with E-state index in [1.165, 1.54) is 0 Å². The molecule has 0 heterocycles. The van der Waals surface area contributed by atoms with Gasteiger partial charge in [0.15, 0.2) is 0 Å². The van der Waals surface area contributed by atoms with Gasteiger partial charge in [0.05, 0.1) is 7.11 Å². The summed E-state index contributed by atoms with van der Waals surface area (Å²) in [5.41, 5.74) is 2.69. The van der Waals surface area contributed by atoms with Crippen molar-refractivity contribution in [3.8, 4) is 0 Å². The highest BCUT2D eigenvalue weighted by Gasteiger charge is 1.75. The lowest BCUT2D eigenvalue weighted by Gasteiger charge is -1.97. The minimum atomic E-state index is 0.854. The monoisotopic (exact) mass is 104 g/mol. The fraction of sp³-hybridized carbons (Fsp3) is 1.00. The van der Waals surface area contributed by atoms with E-state index >= 15 is 0 Å². The van der Waals surface area contributed by atoms with Gasteiger partial charge in [-0.1, -0.05) is 0 Å². The van der Waals surface area contributed by atoms with Gasteiger partial charge < -0.3 is 10.2 Å². The highest BCUT2D eigenvalue weighted by Crippen LogP contribution is 1.52. The Morgan fingerprint density at radius 3 is 2.57 bits per heavy atom. The van der Waals surface area contributed by atoms with Gasteiger partial charge >= 0.3 is 0 Å². The first kappa shape index (κ1) is 6.88. The molecule has 7 heavy (non-hydrogen) atoms. The Hall–Kier alpha value is -0.120. The third-order valence-corrected chi connectivity index (χ3v) is 0.621. The van der Waals surface area contributed by atoms with Gasteiger partial charge in [0, 0.05) is 13.1 Å². The molecule has 0 aromatic carbocycles. The van der Waals surface area contributed by atoms with Crippen LogP contribution in [0.4, 0.5) is 0 Å². The summed E-state index contributed by atoms with van der Waals surface area (Å²) in [5.74, 6) is 0. The summed E-state index contributed by atoms with van der Waals surface area (Å²) >= 11 is 0. The average Bonchev–Trinajstić information content (AvgIpc) is 1.69. The van der Waals surface area contributed by atoms with Crippen LogP contribution in [0.2, 0.25) is 0 Å². The highest BCUT2D eigenvalue weighted by atomic mass is 16.6. The normalized spacial score (nSPS) is 9.43. The topological polar surface area (TPSA) is 33.3 Å². The van der Waals surface area contributed by atoms with E-state index < -0.39 is 0 Å². The Balaban J connectivity index is 2.45. The Labute approximate surface area is 44.0 Å². The molecule has 0 radical (unpaired) electrons. The van der Waals surface area contributed by atoms with Gasteiger partial charge in [-0.3, -0.25) is 0 Å². The predicted molar refractivity (Wildman–Crippen MR) is 28.9 cm³/mol. The molecule has 0 aliphatic rings. The van der Waals surface area contributed by atoms with Crippen LogP contribution in [0.1, 0.15) is 0 Å². The second-order valence-electron chi connectivity index (χ2n) is 1.20. The lowest BCUT2D eigenvalue weighted by atomic mass is 10.7. The molecule has 0 unspecified atom stereocenters. The molecule has 0 spiro atoms. The maximum absolute atomic E-state index is 4.55. The quantitative estimate of drug-likeness (QED) is 0.367. The molecule has 0 aromatic rings. The summed E-state index contributed by atoms with van der Waals surface area (Å²) < 4.78 is 0. The highest BCUT2D eigenvalue weighted by molar-refractivity contribution is 4.36. The standard InChI is InChI=1S/C4H12N2O/c1-5-3-4-6-7-2/h5-6H,3-4H2,1-2H3. The Kier molecular flexibility index (Phi) is 5.78. The van der Waals surface area contributed by atoms with Gasteiger partial charge in [-0.15, -0.1) is 0 Å². The largest absolute Gasteiger partial charge is 0.318 e. The van der Waals surface area contributed by atoms with Crippen molar-refractivity contribution in [1.82, 2.24) is 10.8 Å². The van der Waals surface area contributed by atoms with Gasteiger partial charge in [-0.05, 0) is 7.05 Å². The van der Waals surface area contributed by atoms with E-state index in [0.29, 0.717) is 0 Å². The Morgan fingerprint density at radius 2 is 2.14 bits per heavy atom. The molecule has 0 saturated heterocycles. The van der Waals surface area contributed by atoms with Crippen LogP contribution >= 0.6 is 0 Å². The molecule has 0 amide bonds. The summed E-state index contributed by atoms with van der Waals surface area (Å²) in [6, 6.07) is 0. The maximum atomic E-state index is 4.55. The first-order valence-corrected chi connectivity index (χ1v) is 2.32. The van der Waals surface area contributed by atoms with Crippen molar-refractivity contribution in [3.63, 3.8) is 0 Å². The van der Waals surface area contributed by atoms with Crippen molar-refractivity contribution >= 4 is 0 Å². The van der Waals surface area contributed by atoms with E-state index in [9.17, 15) is 0 Å². The van der Waals surface area contributed by atoms with Crippen LogP contribution in [0.15, 0.2) is 0 Å². The predicted octanol–water partition coefficient (Wildman–Crippen LogP) is -0.643. The van der Waals surface area contributed by atoms with Crippen LogP contribution in [-0.2, 0) is 4.84 Å². The summed E-state index contributed by atoms with van der Waals surface area (Å²) in [5, 5.41) is 2.96. The molecule has 0 fully saturated rings. The summed E-state index contributed by atoms with van der Waals surface area (Å²) in [6.07, 6.45) is 0. The molecule has 0 saturated carbocycles. The molecule has 3 nitrogen and oxygen atoms in total. The van der Waals surface area contributed by atoms with Crippen LogP contribution in [0.5, 0.6) is 0 Å². The number of hydroxylamine groups is 1. The molecular formula is C4H12N2O. The molecule has 44 valence electrons. The van der Waals surface area contributed by atoms with Crippen molar-refractivity contribution in [1.29, 1.82) is 0 Å². The lowest BCUT2D eigenvalue weighted by molar-refractivity contribution is 0.0930. The van der Waals surface area contributed by atoms with Gasteiger partial charge in [0.2, 0.25) is 0 Å². The smallest absolute Gasteiger partial charge is 0.0572 e. The van der Waals surface area contributed by atoms with Gasteiger partial charge in [0.1, 0.15) is 0 Å². The van der Waals surface area contributed by atoms with Crippen LogP contribution in [0.3, 0.4) is 0 Å². The zero-order valence-corrected chi connectivity index (χ0v) is 4.82. The lowest BCUT2D eigenvalue weighted by Crippen LogP contribution is -2.23. The SMILES string of the molecule is CNCCNOC. The summed E-state index contributed by atoms with van der Waals surface area (Å²) in [6.45, 7) is 1.79.